The van der Waals surface area contributed by atoms with Crippen molar-refractivity contribution in [1.82, 2.24) is 0 Å². The minimum atomic E-state index is -1.08. The Morgan fingerprint density at radius 2 is 2.00 bits per heavy atom. The second kappa shape index (κ2) is 11.8. The molecule has 2 aliphatic heterocycles. The molecule has 9 nitrogen and oxygen atoms in total. The van der Waals surface area contributed by atoms with E-state index in [1.807, 2.05) is 13.0 Å². The number of carbonyl (C=O) groups excluding carboxylic acids is 2. The molecule has 0 spiro atoms. The summed E-state index contributed by atoms with van der Waals surface area (Å²) in [5.41, 5.74) is 3.93. The van der Waals surface area contributed by atoms with Gasteiger partial charge in [-0.05, 0) is 80.2 Å². The Bertz CT molecular complexity index is 1460. The largest absolute Gasteiger partial charge is 0.508 e. The first-order valence-corrected chi connectivity index (χ1v) is 14.3. The summed E-state index contributed by atoms with van der Waals surface area (Å²) in [5.74, 6) is -2.25. The number of carbonyl (C=O) groups is 2. The highest BCUT2D eigenvalue weighted by molar-refractivity contribution is 6.43. The lowest BCUT2D eigenvalue weighted by molar-refractivity contribution is -0.384. The molecule has 41 heavy (non-hydrogen) atoms. The number of anilines is 1. The topological polar surface area (TPSA) is 130 Å². The Morgan fingerprint density at radius 1 is 1.22 bits per heavy atom. The number of phenols is 1. The molecular weight excluding hydrogens is 547 g/mol. The highest BCUT2D eigenvalue weighted by atomic mass is 35.5. The van der Waals surface area contributed by atoms with Crippen LogP contribution in [0.2, 0.25) is 11.3 Å². The molecule has 214 valence electrons. The number of halogens is 1. The zero-order chi connectivity index (χ0) is 29.4. The Morgan fingerprint density at radius 3 is 2.71 bits per heavy atom. The number of aromatic hydroxyl groups is 1. The molecule has 11 heteroatoms. The number of non-ortho nitro benzene ring substituents is 1. The van der Waals surface area contributed by atoms with Crippen molar-refractivity contribution in [2.24, 2.45) is 17.8 Å². The Kier molecular flexibility index (Phi) is 8.36. The molecule has 0 unspecified atom stereocenters. The van der Waals surface area contributed by atoms with Crippen molar-refractivity contribution < 1.29 is 29.3 Å². The number of hydrogen-bond acceptors (Lipinski definition) is 7. The van der Waals surface area contributed by atoms with Crippen LogP contribution in [0.5, 0.6) is 5.75 Å². The van der Waals surface area contributed by atoms with Gasteiger partial charge in [0.25, 0.3) is 5.69 Å². The van der Waals surface area contributed by atoms with Crippen LogP contribution in [0.4, 0.5) is 11.4 Å². The van der Waals surface area contributed by atoms with Crippen LogP contribution in [0.1, 0.15) is 51.5 Å². The van der Waals surface area contributed by atoms with Crippen LogP contribution in [0.3, 0.4) is 0 Å². The third-order valence-electron chi connectivity index (χ3n) is 8.35. The number of nitro groups is 1. The zero-order valence-electron chi connectivity index (χ0n) is 23.0. The molecule has 3 aliphatic rings. The van der Waals surface area contributed by atoms with Crippen molar-refractivity contribution >= 4 is 48.0 Å². The predicted octanol–water partition coefficient (Wildman–Crippen LogP) is 5.94. The summed E-state index contributed by atoms with van der Waals surface area (Å²) < 4.78 is 6.06. The summed E-state index contributed by atoms with van der Waals surface area (Å²) in [6.45, 7) is 4.04. The molecule has 5 rings (SSSR count). The second-order valence-electron chi connectivity index (χ2n) is 11.1. The smallest absolute Gasteiger partial charge is 0.455 e. The van der Waals surface area contributed by atoms with E-state index < -0.39 is 30.0 Å². The van der Waals surface area contributed by atoms with Crippen LogP contribution in [-0.2, 0) is 14.2 Å². The summed E-state index contributed by atoms with van der Waals surface area (Å²) in [4.78, 5) is 39.4. The average molecular weight is 579 g/mol. The van der Waals surface area contributed by atoms with Gasteiger partial charge < -0.3 is 14.8 Å². The summed E-state index contributed by atoms with van der Waals surface area (Å²) in [7, 11) is -1.08. The highest BCUT2D eigenvalue weighted by Crippen LogP contribution is 2.52. The van der Waals surface area contributed by atoms with Crippen LogP contribution in [-0.4, -0.2) is 40.1 Å². The number of fused-ring (bicyclic) bond motifs is 3. The monoisotopic (exact) mass is 578 g/mol. The third-order valence-corrected chi connectivity index (χ3v) is 8.67. The van der Waals surface area contributed by atoms with Gasteiger partial charge in [0.15, 0.2) is 0 Å². The van der Waals surface area contributed by atoms with Gasteiger partial charge in [-0.2, -0.15) is 0 Å². The second-order valence-corrected chi connectivity index (χ2v) is 11.5. The molecule has 2 aromatic rings. The number of amides is 2. The maximum Gasteiger partial charge on any atom is 0.455 e. The van der Waals surface area contributed by atoms with Crippen molar-refractivity contribution in [3.63, 3.8) is 0 Å². The van der Waals surface area contributed by atoms with E-state index in [0.717, 1.165) is 40.0 Å². The number of hydrogen-bond donors (Lipinski definition) is 2. The molecule has 2 N–H and O–H groups in total. The standard InChI is InChI=1S/C30H32BClN2O7/c1-3-5-19-13-23-28(30(37)33(29(23)36)20-6-4-7-21(14-20)34(39)40)24-16-31(38)41-26(27(19)24)11-8-17(2)12-18-9-10-22(35)15-25(18)32/h4,6-7,9-10,12,14-15,23-24,26,28,35,38H,3,5,8,11,13,16H2,1-2H3/b17-12+/t23-,24+,26-,28-/m1/s1. The van der Waals surface area contributed by atoms with Crippen LogP contribution < -0.4 is 4.90 Å². The van der Waals surface area contributed by atoms with Crippen molar-refractivity contribution in [3.05, 3.63) is 79.9 Å². The van der Waals surface area contributed by atoms with E-state index in [-0.39, 0.29) is 41.2 Å². The third kappa shape index (κ3) is 5.69. The summed E-state index contributed by atoms with van der Waals surface area (Å²) >= 11 is 6.28. The van der Waals surface area contributed by atoms with E-state index >= 15 is 0 Å². The van der Waals surface area contributed by atoms with E-state index in [2.05, 4.69) is 6.92 Å². The van der Waals surface area contributed by atoms with Crippen LogP contribution in [0, 0.1) is 27.9 Å². The van der Waals surface area contributed by atoms with Gasteiger partial charge in [-0.1, -0.05) is 48.2 Å². The number of benzene rings is 2. The van der Waals surface area contributed by atoms with E-state index in [9.17, 15) is 29.8 Å². The van der Waals surface area contributed by atoms with Gasteiger partial charge in [0.05, 0.1) is 33.6 Å². The van der Waals surface area contributed by atoms with Crippen LogP contribution in [0.15, 0.2) is 59.2 Å². The van der Waals surface area contributed by atoms with Crippen molar-refractivity contribution in [2.45, 2.75) is 58.4 Å². The molecule has 2 amide bonds. The van der Waals surface area contributed by atoms with Crippen LogP contribution >= 0.6 is 11.6 Å². The van der Waals surface area contributed by atoms with E-state index in [1.165, 1.54) is 24.3 Å². The first-order valence-electron chi connectivity index (χ1n) is 13.9. The lowest BCUT2D eigenvalue weighted by Gasteiger charge is -2.43. The molecule has 0 aromatic heterocycles. The van der Waals surface area contributed by atoms with Crippen molar-refractivity contribution in [1.29, 1.82) is 0 Å². The van der Waals surface area contributed by atoms with Crippen molar-refractivity contribution in [3.8, 4) is 5.75 Å². The zero-order valence-corrected chi connectivity index (χ0v) is 23.7. The van der Waals surface area contributed by atoms with Gasteiger partial charge >= 0.3 is 7.12 Å². The van der Waals surface area contributed by atoms with Crippen molar-refractivity contribution in [2.75, 3.05) is 4.90 Å². The molecule has 0 radical (unpaired) electrons. The number of allylic oxidation sites excluding steroid dienone is 2. The number of rotatable bonds is 8. The van der Waals surface area contributed by atoms with E-state index in [1.54, 1.807) is 18.2 Å². The fourth-order valence-electron chi connectivity index (χ4n) is 6.63. The van der Waals surface area contributed by atoms with Crippen LogP contribution in [0.25, 0.3) is 6.08 Å². The number of phenolic OH excluding ortho intramolecular Hbond substituents is 1. The average Bonchev–Trinajstić information content (AvgIpc) is 3.18. The van der Waals surface area contributed by atoms with Gasteiger partial charge in [-0.3, -0.25) is 19.7 Å². The predicted molar refractivity (Wildman–Crippen MR) is 156 cm³/mol. The molecule has 0 saturated carbocycles. The fraction of sp³-hybridized carbons (Fsp3) is 0.400. The minimum Gasteiger partial charge on any atom is -0.508 e. The molecular formula is C30H32BClN2O7. The molecule has 4 atom stereocenters. The lowest BCUT2D eigenvalue weighted by atomic mass is 9.58. The lowest BCUT2D eigenvalue weighted by Crippen LogP contribution is -2.46. The molecule has 2 heterocycles. The molecule has 2 saturated heterocycles. The number of nitro benzene ring substituents is 1. The molecule has 1 aliphatic carbocycles. The SMILES string of the molecule is CCCC1=C2[C@@H](CC/C(C)=C/c3ccc(O)cc3Cl)OB(O)C[C@@H]2[C@@H]2C(=O)N(c3cccc([N+](=O)[O-])c3)C(=O)[C@@H]2C1. The highest BCUT2D eigenvalue weighted by Gasteiger charge is 2.57. The Labute approximate surface area is 243 Å². The number of nitrogens with zero attached hydrogens (tertiary/aromatic N) is 2. The number of imide groups is 1. The first-order chi connectivity index (χ1) is 19.6. The van der Waals surface area contributed by atoms with E-state index in [0.29, 0.717) is 24.3 Å². The van der Waals surface area contributed by atoms with Gasteiger partial charge in [0.1, 0.15) is 5.75 Å². The van der Waals surface area contributed by atoms with Gasteiger partial charge in [-0.15, -0.1) is 0 Å². The molecule has 2 aromatic carbocycles. The Hall–Kier alpha value is -3.47. The quantitative estimate of drug-likeness (QED) is 0.130. The van der Waals surface area contributed by atoms with E-state index in [4.69, 9.17) is 16.3 Å². The fourth-order valence-corrected chi connectivity index (χ4v) is 6.86. The summed E-state index contributed by atoms with van der Waals surface area (Å²) in [6.07, 6.45) is 4.99. The Balaban J connectivity index is 1.43. The maximum absolute atomic E-state index is 13.8. The molecule has 2 fully saturated rings. The molecule has 0 bridgehead atoms. The van der Waals surface area contributed by atoms with Gasteiger partial charge in [0.2, 0.25) is 11.8 Å². The summed E-state index contributed by atoms with van der Waals surface area (Å²) in [5, 5.41) is 32.2. The van der Waals surface area contributed by atoms with Gasteiger partial charge in [-0.25, -0.2) is 4.90 Å². The first kappa shape index (κ1) is 29.0. The normalized spacial score (nSPS) is 24.5. The van der Waals surface area contributed by atoms with Gasteiger partial charge in [0, 0.05) is 12.1 Å². The maximum atomic E-state index is 13.8. The minimum absolute atomic E-state index is 0.0930. The summed E-state index contributed by atoms with van der Waals surface area (Å²) in [6, 6.07) is 10.4.